The summed E-state index contributed by atoms with van der Waals surface area (Å²) in [5.41, 5.74) is 0.439. The van der Waals surface area contributed by atoms with Crippen molar-refractivity contribution in [1.29, 1.82) is 0 Å². The Bertz CT molecular complexity index is 451. The molecule has 0 bridgehead atoms. The molecule has 0 N–H and O–H groups in total. The summed E-state index contributed by atoms with van der Waals surface area (Å²) in [6, 6.07) is 9.10. The second-order valence-electron chi connectivity index (χ2n) is 5.92. The molecular weight excluding hydrogens is 254 g/mol. The lowest BCUT2D eigenvalue weighted by atomic mass is 9.93. The van der Waals surface area contributed by atoms with Crippen molar-refractivity contribution in [3.8, 4) is 0 Å². The Kier molecular flexibility index (Phi) is 5.31. The van der Waals surface area contributed by atoms with Gasteiger partial charge in [0.15, 0.2) is 0 Å². The van der Waals surface area contributed by atoms with E-state index in [1.54, 1.807) is 27.8 Å². The molecule has 2 unspecified atom stereocenters. The van der Waals surface area contributed by atoms with Crippen molar-refractivity contribution in [2.75, 3.05) is 7.05 Å². The predicted molar refractivity (Wildman–Crippen MR) is 78.7 cm³/mol. The molecule has 1 amide bonds. The van der Waals surface area contributed by atoms with E-state index in [0.29, 0.717) is 0 Å². The smallest absolute Gasteiger partial charge is 0.410 e. The van der Waals surface area contributed by atoms with Gasteiger partial charge in [-0.2, -0.15) is 0 Å². The van der Waals surface area contributed by atoms with E-state index in [9.17, 15) is 9.59 Å². The Labute approximate surface area is 120 Å². The summed E-state index contributed by atoms with van der Waals surface area (Å²) in [6.07, 6.45) is 0.305. The van der Waals surface area contributed by atoms with Gasteiger partial charge in [-0.25, -0.2) is 4.79 Å². The van der Waals surface area contributed by atoms with E-state index < -0.39 is 17.7 Å². The Hall–Kier alpha value is -1.84. The van der Waals surface area contributed by atoms with Gasteiger partial charge >= 0.3 is 6.09 Å². The van der Waals surface area contributed by atoms with E-state index in [1.807, 2.05) is 37.3 Å². The first-order valence-electron chi connectivity index (χ1n) is 6.72. The standard InChI is InChI=1S/C16H23NO3/c1-12(13-9-7-6-8-10-13)14(11-18)17(5)15(19)20-16(2,3)4/h6-12,14H,1-5H3. The normalized spacial score (nSPS) is 14.2. The Morgan fingerprint density at radius 3 is 2.25 bits per heavy atom. The van der Waals surface area contributed by atoms with Crippen LogP contribution >= 0.6 is 0 Å². The molecule has 0 saturated heterocycles. The van der Waals surface area contributed by atoms with Crippen LogP contribution in [0.4, 0.5) is 4.79 Å². The molecule has 0 fully saturated rings. The SMILES string of the molecule is CC(c1ccccc1)C(C=O)N(C)C(=O)OC(C)(C)C. The molecule has 0 spiro atoms. The van der Waals surface area contributed by atoms with Crippen LogP contribution in [-0.4, -0.2) is 36.0 Å². The molecular formula is C16H23NO3. The van der Waals surface area contributed by atoms with E-state index in [-0.39, 0.29) is 5.92 Å². The maximum atomic E-state index is 12.0. The third kappa shape index (κ3) is 4.37. The largest absolute Gasteiger partial charge is 0.444 e. The second-order valence-corrected chi connectivity index (χ2v) is 5.92. The van der Waals surface area contributed by atoms with Gasteiger partial charge in [-0.05, 0) is 26.3 Å². The number of amides is 1. The van der Waals surface area contributed by atoms with Crippen molar-refractivity contribution in [3.63, 3.8) is 0 Å². The molecule has 4 heteroatoms. The van der Waals surface area contributed by atoms with Gasteiger partial charge in [0.2, 0.25) is 0 Å². The number of carbonyl (C=O) groups excluding carboxylic acids is 2. The zero-order valence-corrected chi connectivity index (χ0v) is 12.8. The number of aldehydes is 1. The summed E-state index contributed by atoms with van der Waals surface area (Å²) >= 11 is 0. The minimum atomic E-state index is -0.575. The summed E-state index contributed by atoms with van der Waals surface area (Å²) in [5.74, 6) is -0.0915. The summed E-state index contributed by atoms with van der Waals surface area (Å²) in [5, 5.41) is 0. The number of hydrogen-bond acceptors (Lipinski definition) is 3. The highest BCUT2D eigenvalue weighted by Gasteiger charge is 2.29. The Balaban J connectivity index is 2.85. The summed E-state index contributed by atoms with van der Waals surface area (Å²) < 4.78 is 5.30. The molecule has 20 heavy (non-hydrogen) atoms. The maximum Gasteiger partial charge on any atom is 0.410 e. The minimum absolute atomic E-state index is 0.0915. The third-order valence-corrected chi connectivity index (χ3v) is 3.11. The quantitative estimate of drug-likeness (QED) is 0.794. The first-order valence-corrected chi connectivity index (χ1v) is 6.72. The van der Waals surface area contributed by atoms with Gasteiger partial charge in [-0.3, -0.25) is 0 Å². The zero-order chi connectivity index (χ0) is 15.3. The Morgan fingerprint density at radius 1 is 1.25 bits per heavy atom. The van der Waals surface area contributed by atoms with Gasteiger partial charge in [-0.15, -0.1) is 0 Å². The lowest BCUT2D eigenvalue weighted by Gasteiger charge is -2.31. The number of benzene rings is 1. The molecule has 4 nitrogen and oxygen atoms in total. The third-order valence-electron chi connectivity index (χ3n) is 3.11. The van der Waals surface area contributed by atoms with Gasteiger partial charge < -0.3 is 14.4 Å². The first-order chi connectivity index (χ1) is 9.26. The molecule has 110 valence electrons. The molecule has 0 aliphatic rings. The molecule has 1 aromatic carbocycles. The van der Waals surface area contributed by atoms with E-state index in [0.717, 1.165) is 11.8 Å². The topological polar surface area (TPSA) is 46.6 Å². The molecule has 0 aromatic heterocycles. The second kappa shape index (κ2) is 6.55. The molecule has 0 aliphatic heterocycles. The fourth-order valence-corrected chi connectivity index (χ4v) is 1.95. The predicted octanol–water partition coefficient (Wildman–Crippen LogP) is 3.22. The zero-order valence-electron chi connectivity index (χ0n) is 12.8. The van der Waals surface area contributed by atoms with Crippen LogP contribution in [0.15, 0.2) is 30.3 Å². The first kappa shape index (κ1) is 16.2. The maximum absolute atomic E-state index is 12.0. The molecule has 0 aliphatic carbocycles. The van der Waals surface area contributed by atoms with Crippen molar-refractivity contribution in [1.82, 2.24) is 4.90 Å². The summed E-state index contributed by atoms with van der Waals surface area (Å²) in [4.78, 5) is 24.8. The Morgan fingerprint density at radius 2 is 1.80 bits per heavy atom. The van der Waals surface area contributed by atoms with Gasteiger partial charge in [0.05, 0.1) is 6.04 Å². The molecule has 2 atom stereocenters. The van der Waals surface area contributed by atoms with Gasteiger partial charge in [0, 0.05) is 13.0 Å². The molecule has 0 saturated carbocycles. The number of nitrogens with zero attached hydrogens (tertiary/aromatic N) is 1. The highest BCUT2D eigenvalue weighted by molar-refractivity contribution is 5.74. The van der Waals surface area contributed by atoms with E-state index >= 15 is 0 Å². The van der Waals surface area contributed by atoms with Crippen LogP contribution < -0.4 is 0 Å². The number of hydrogen-bond donors (Lipinski definition) is 0. The molecule has 0 heterocycles. The highest BCUT2D eigenvalue weighted by atomic mass is 16.6. The van der Waals surface area contributed by atoms with Gasteiger partial charge in [0.25, 0.3) is 0 Å². The van der Waals surface area contributed by atoms with E-state index in [2.05, 4.69) is 0 Å². The van der Waals surface area contributed by atoms with Crippen molar-refractivity contribution < 1.29 is 14.3 Å². The van der Waals surface area contributed by atoms with Crippen LogP contribution in [0.1, 0.15) is 39.2 Å². The van der Waals surface area contributed by atoms with Gasteiger partial charge in [-0.1, -0.05) is 37.3 Å². The highest BCUT2D eigenvalue weighted by Crippen LogP contribution is 2.22. The van der Waals surface area contributed by atoms with Crippen LogP contribution in [0.25, 0.3) is 0 Å². The molecule has 1 aromatic rings. The van der Waals surface area contributed by atoms with Gasteiger partial charge in [0.1, 0.15) is 11.9 Å². The average Bonchev–Trinajstić information content (AvgIpc) is 2.38. The van der Waals surface area contributed by atoms with E-state index in [1.165, 1.54) is 4.90 Å². The number of ether oxygens (including phenoxy) is 1. The van der Waals surface area contributed by atoms with Crippen LogP contribution in [0.2, 0.25) is 0 Å². The molecule has 1 rings (SSSR count). The number of carbonyl (C=O) groups is 2. The van der Waals surface area contributed by atoms with Crippen molar-refractivity contribution in [2.24, 2.45) is 0 Å². The lowest BCUT2D eigenvalue weighted by molar-refractivity contribution is -0.112. The monoisotopic (exact) mass is 277 g/mol. The number of rotatable bonds is 4. The van der Waals surface area contributed by atoms with Crippen LogP contribution in [0.3, 0.4) is 0 Å². The van der Waals surface area contributed by atoms with Crippen LogP contribution in [0, 0.1) is 0 Å². The van der Waals surface area contributed by atoms with E-state index in [4.69, 9.17) is 4.74 Å². The number of likely N-dealkylation sites (N-methyl/N-ethyl adjacent to an activating group) is 1. The fraction of sp³-hybridized carbons (Fsp3) is 0.500. The minimum Gasteiger partial charge on any atom is -0.444 e. The fourth-order valence-electron chi connectivity index (χ4n) is 1.95. The van der Waals surface area contributed by atoms with Crippen molar-refractivity contribution >= 4 is 12.4 Å². The van der Waals surface area contributed by atoms with Crippen molar-refractivity contribution in [3.05, 3.63) is 35.9 Å². The molecule has 0 radical (unpaired) electrons. The van der Waals surface area contributed by atoms with Crippen LogP contribution in [-0.2, 0) is 9.53 Å². The average molecular weight is 277 g/mol. The summed E-state index contributed by atoms with van der Waals surface area (Å²) in [7, 11) is 1.59. The lowest BCUT2D eigenvalue weighted by Crippen LogP contribution is -2.44. The summed E-state index contributed by atoms with van der Waals surface area (Å²) in [6.45, 7) is 7.33. The van der Waals surface area contributed by atoms with Crippen molar-refractivity contribution in [2.45, 2.75) is 45.3 Å². The van der Waals surface area contributed by atoms with Crippen LogP contribution in [0.5, 0.6) is 0 Å².